The molecule has 124 valence electrons. The molecule has 3 aromatic carbocycles. The highest BCUT2D eigenvalue weighted by molar-refractivity contribution is 5.90. The van der Waals surface area contributed by atoms with Gasteiger partial charge in [-0.1, -0.05) is 18.2 Å². The van der Waals surface area contributed by atoms with Crippen LogP contribution in [0.2, 0.25) is 0 Å². The third-order valence-electron chi connectivity index (χ3n) is 3.84. The summed E-state index contributed by atoms with van der Waals surface area (Å²) in [5.74, 6) is -9.74. The number of benzene rings is 3. The highest BCUT2D eigenvalue weighted by atomic mass is 19.2. The molecular formula is C18H12F5N. The second-order valence-electron chi connectivity index (χ2n) is 5.59. The van der Waals surface area contributed by atoms with Crippen molar-refractivity contribution in [2.45, 2.75) is 0 Å². The van der Waals surface area contributed by atoms with Crippen LogP contribution in [0.25, 0.3) is 21.9 Å². The maximum atomic E-state index is 14.0. The molecule has 3 rings (SSSR count). The lowest BCUT2D eigenvalue weighted by molar-refractivity contribution is 0.381. The highest BCUT2D eigenvalue weighted by Crippen LogP contribution is 2.33. The van der Waals surface area contributed by atoms with Crippen LogP contribution in [0, 0.1) is 29.1 Å². The number of nitrogens with zero attached hydrogens (tertiary/aromatic N) is 1. The van der Waals surface area contributed by atoms with E-state index < -0.39 is 34.6 Å². The van der Waals surface area contributed by atoms with Gasteiger partial charge in [-0.25, -0.2) is 22.0 Å². The first-order chi connectivity index (χ1) is 11.3. The SMILES string of the molecule is CN(C)c1ccc2ccc(-c3c(F)c(F)c(F)c(F)c3F)cc2c1. The van der Waals surface area contributed by atoms with Crippen LogP contribution in [-0.2, 0) is 0 Å². The Labute approximate surface area is 134 Å². The van der Waals surface area contributed by atoms with Gasteiger partial charge in [0.2, 0.25) is 5.82 Å². The maximum Gasteiger partial charge on any atom is 0.200 e. The molecule has 0 aliphatic rings. The van der Waals surface area contributed by atoms with Crippen molar-refractivity contribution in [1.82, 2.24) is 0 Å². The van der Waals surface area contributed by atoms with Gasteiger partial charge in [0.05, 0.1) is 5.56 Å². The molecule has 0 atom stereocenters. The van der Waals surface area contributed by atoms with Crippen molar-refractivity contribution in [3.63, 3.8) is 0 Å². The average Bonchev–Trinajstić information content (AvgIpc) is 2.57. The Hall–Kier alpha value is -2.63. The molecule has 0 spiro atoms. The molecular weight excluding hydrogens is 325 g/mol. The predicted octanol–water partition coefficient (Wildman–Crippen LogP) is 5.27. The van der Waals surface area contributed by atoms with Crippen LogP contribution in [0.5, 0.6) is 0 Å². The van der Waals surface area contributed by atoms with Crippen LogP contribution < -0.4 is 4.90 Å². The predicted molar refractivity (Wildman–Crippen MR) is 83.5 cm³/mol. The van der Waals surface area contributed by atoms with Crippen LogP contribution in [0.15, 0.2) is 36.4 Å². The summed E-state index contributed by atoms with van der Waals surface area (Å²) in [5.41, 5.74) is -0.160. The summed E-state index contributed by atoms with van der Waals surface area (Å²) in [6.07, 6.45) is 0. The van der Waals surface area contributed by atoms with Gasteiger partial charge in [0, 0.05) is 19.8 Å². The molecule has 24 heavy (non-hydrogen) atoms. The minimum Gasteiger partial charge on any atom is -0.378 e. The normalized spacial score (nSPS) is 11.1. The monoisotopic (exact) mass is 337 g/mol. The Morgan fingerprint density at radius 2 is 1.17 bits per heavy atom. The summed E-state index contributed by atoms with van der Waals surface area (Å²) in [6.45, 7) is 0. The summed E-state index contributed by atoms with van der Waals surface area (Å²) < 4.78 is 67.9. The number of hydrogen-bond acceptors (Lipinski definition) is 1. The van der Waals surface area contributed by atoms with E-state index in [1.807, 2.05) is 31.1 Å². The Balaban J connectivity index is 2.27. The average molecular weight is 337 g/mol. The van der Waals surface area contributed by atoms with Crippen molar-refractivity contribution < 1.29 is 22.0 Å². The molecule has 0 radical (unpaired) electrons. The standard InChI is InChI=1S/C18H12F5N/c1-24(2)12-6-5-9-3-4-10(7-11(9)8-12)13-14(19)16(21)18(23)17(22)15(13)20/h3-8H,1-2H3. The second-order valence-corrected chi connectivity index (χ2v) is 5.59. The fourth-order valence-corrected chi connectivity index (χ4v) is 2.53. The van der Waals surface area contributed by atoms with Crippen molar-refractivity contribution in [2.24, 2.45) is 0 Å². The molecule has 0 saturated carbocycles. The minimum atomic E-state index is -2.16. The highest BCUT2D eigenvalue weighted by Gasteiger charge is 2.26. The summed E-state index contributed by atoms with van der Waals surface area (Å²) in [5, 5.41) is 1.41. The van der Waals surface area contributed by atoms with Gasteiger partial charge >= 0.3 is 0 Å². The molecule has 0 saturated heterocycles. The summed E-state index contributed by atoms with van der Waals surface area (Å²) in [4.78, 5) is 1.84. The third-order valence-corrected chi connectivity index (χ3v) is 3.84. The molecule has 0 aromatic heterocycles. The molecule has 0 aliphatic carbocycles. The first kappa shape index (κ1) is 16.2. The van der Waals surface area contributed by atoms with E-state index in [0.29, 0.717) is 5.39 Å². The fourth-order valence-electron chi connectivity index (χ4n) is 2.53. The Kier molecular flexibility index (Phi) is 3.91. The van der Waals surface area contributed by atoms with E-state index in [1.165, 1.54) is 12.1 Å². The van der Waals surface area contributed by atoms with Crippen LogP contribution in [0.4, 0.5) is 27.6 Å². The van der Waals surface area contributed by atoms with Crippen molar-refractivity contribution in [2.75, 3.05) is 19.0 Å². The van der Waals surface area contributed by atoms with Gasteiger partial charge in [0.25, 0.3) is 0 Å². The molecule has 6 heteroatoms. The van der Waals surface area contributed by atoms with Gasteiger partial charge < -0.3 is 4.90 Å². The molecule has 0 aliphatic heterocycles. The smallest absolute Gasteiger partial charge is 0.200 e. The van der Waals surface area contributed by atoms with Crippen LogP contribution in [0.3, 0.4) is 0 Å². The molecule has 0 bridgehead atoms. The van der Waals surface area contributed by atoms with E-state index in [1.54, 1.807) is 12.1 Å². The Bertz CT molecular complexity index is 921. The van der Waals surface area contributed by atoms with E-state index in [-0.39, 0.29) is 5.56 Å². The number of halogens is 5. The maximum absolute atomic E-state index is 14.0. The lowest BCUT2D eigenvalue weighted by atomic mass is 9.99. The zero-order chi connectivity index (χ0) is 17.6. The molecule has 0 heterocycles. The summed E-state index contributed by atoms with van der Waals surface area (Å²) in [6, 6.07) is 9.75. The third kappa shape index (κ3) is 2.48. The first-order valence-electron chi connectivity index (χ1n) is 7.04. The molecule has 0 unspecified atom stereocenters. The lowest BCUT2D eigenvalue weighted by Crippen LogP contribution is -2.08. The topological polar surface area (TPSA) is 3.24 Å². The largest absolute Gasteiger partial charge is 0.378 e. The number of anilines is 1. The first-order valence-corrected chi connectivity index (χ1v) is 7.04. The number of hydrogen-bond donors (Lipinski definition) is 0. The molecule has 0 N–H and O–H groups in total. The number of rotatable bonds is 2. The lowest BCUT2D eigenvalue weighted by Gasteiger charge is -2.14. The van der Waals surface area contributed by atoms with E-state index in [0.717, 1.165) is 11.1 Å². The molecule has 0 amide bonds. The van der Waals surface area contributed by atoms with E-state index in [4.69, 9.17) is 0 Å². The fraction of sp³-hybridized carbons (Fsp3) is 0.111. The van der Waals surface area contributed by atoms with Crippen LogP contribution in [-0.4, -0.2) is 14.1 Å². The van der Waals surface area contributed by atoms with Gasteiger partial charge in [0.1, 0.15) is 0 Å². The van der Waals surface area contributed by atoms with Gasteiger partial charge in [-0.3, -0.25) is 0 Å². The quantitative estimate of drug-likeness (QED) is 0.350. The molecule has 0 fully saturated rings. The number of fused-ring (bicyclic) bond motifs is 1. The zero-order valence-corrected chi connectivity index (χ0v) is 12.8. The Morgan fingerprint density at radius 1 is 0.625 bits per heavy atom. The van der Waals surface area contributed by atoms with Crippen LogP contribution >= 0.6 is 0 Å². The van der Waals surface area contributed by atoms with Crippen molar-refractivity contribution >= 4 is 16.5 Å². The van der Waals surface area contributed by atoms with Gasteiger partial charge in [-0.05, 0) is 34.5 Å². The Morgan fingerprint density at radius 3 is 1.75 bits per heavy atom. The van der Waals surface area contributed by atoms with Gasteiger partial charge in [-0.2, -0.15) is 0 Å². The molecule has 3 aromatic rings. The van der Waals surface area contributed by atoms with Crippen LogP contribution in [0.1, 0.15) is 0 Å². The summed E-state index contributed by atoms with van der Waals surface area (Å²) in [7, 11) is 3.66. The van der Waals surface area contributed by atoms with Crippen molar-refractivity contribution in [3.8, 4) is 11.1 Å². The van der Waals surface area contributed by atoms with E-state index in [2.05, 4.69) is 0 Å². The summed E-state index contributed by atoms with van der Waals surface area (Å²) >= 11 is 0. The minimum absolute atomic E-state index is 0.0776. The van der Waals surface area contributed by atoms with Crippen molar-refractivity contribution in [1.29, 1.82) is 0 Å². The second kappa shape index (κ2) is 5.78. The zero-order valence-electron chi connectivity index (χ0n) is 12.8. The van der Waals surface area contributed by atoms with Gasteiger partial charge in [0.15, 0.2) is 23.3 Å². The van der Waals surface area contributed by atoms with E-state index >= 15 is 0 Å². The molecule has 1 nitrogen and oxygen atoms in total. The van der Waals surface area contributed by atoms with E-state index in [9.17, 15) is 22.0 Å². The van der Waals surface area contributed by atoms with Crippen molar-refractivity contribution in [3.05, 3.63) is 65.5 Å². The van der Waals surface area contributed by atoms with Gasteiger partial charge in [-0.15, -0.1) is 0 Å².